The van der Waals surface area contributed by atoms with Gasteiger partial charge in [-0.3, -0.25) is 4.68 Å². The predicted octanol–water partition coefficient (Wildman–Crippen LogP) is 4.07. The maximum absolute atomic E-state index is 12.7. The summed E-state index contributed by atoms with van der Waals surface area (Å²) in [5, 5.41) is 27.9. The molecule has 0 radical (unpaired) electrons. The Labute approximate surface area is 202 Å². The molecule has 36 heavy (non-hydrogen) atoms. The second kappa shape index (κ2) is 9.13. The van der Waals surface area contributed by atoms with Gasteiger partial charge in [0.25, 0.3) is 5.95 Å². The standard InChI is InChI=1S/C23H21F3N6O4/c24-23(25,26)15-3-7-17(8-4-15)36-16-5-1-13(2-6-16)11-31-19-18(10-28-31)29-22(30-20(19)33)32-12-14(9-27-32)21(34)35/h3-4,7-10,12-13,16H,1-2,5-6,11H2,(H,34,35)(H,29,30,33)/t13-,16-. The van der Waals surface area contributed by atoms with Crippen LogP contribution in [0.5, 0.6) is 11.6 Å². The van der Waals surface area contributed by atoms with E-state index in [0.29, 0.717) is 23.3 Å². The Kier molecular flexibility index (Phi) is 5.98. The summed E-state index contributed by atoms with van der Waals surface area (Å²) in [6.07, 6.45) is 2.56. The number of aromatic carboxylic acids is 1. The van der Waals surface area contributed by atoms with Gasteiger partial charge >= 0.3 is 12.1 Å². The lowest BCUT2D eigenvalue weighted by Crippen LogP contribution is -2.26. The van der Waals surface area contributed by atoms with Crippen LogP contribution in [0, 0.1) is 5.92 Å². The van der Waals surface area contributed by atoms with Gasteiger partial charge < -0.3 is 14.9 Å². The van der Waals surface area contributed by atoms with Crippen LogP contribution in [0.2, 0.25) is 0 Å². The molecule has 1 fully saturated rings. The Morgan fingerprint density at radius 3 is 2.42 bits per heavy atom. The van der Waals surface area contributed by atoms with Gasteiger partial charge in [-0.1, -0.05) is 0 Å². The number of aromatic nitrogens is 6. The quantitative estimate of drug-likeness (QED) is 0.404. The second-order valence-corrected chi connectivity index (χ2v) is 8.67. The normalized spacial score (nSPS) is 18.4. The molecule has 0 unspecified atom stereocenters. The Morgan fingerprint density at radius 2 is 1.78 bits per heavy atom. The molecule has 0 amide bonds. The van der Waals surface area contributed by atoms with E-state index in [2.05, 4.69) is 20.2 Å². The molecule has 3 heterocycles. The van der Waals surface area contributed by atoms with Crippen molar-refractivity contribution in [3.63, 3.8) is 0 Å². The van der Waals surface area contributed by atoms with Crippen molar-refractivity contribution in [2.45, 2.75) is 44.5 Å². The molecule has 0 spiro atoms. The number of aromatic hydroxyl groups is 1. The highest BCUT2D eigenvalue weighted by Crippen LogP contribution is 2.33. The van der Waals surface area contributed by atoms with Gasteiger partial charge in [-0.2, -0.15) is 28.4 Å². The smallest absolute Gasteiger partial charge is 0.416 e. The number of hydrogen-bond donors (Lipinski definition) is 2. The third-order valence-electron chi connectivity index (χ3n) is 6.20. The van der Waals surface area contributed by atoms with Crippen molar-refractivity contribution in [3.05, 3.63) is 54.0 Å². The Balaban J connectivity index is 1.22. The molecular formula is C23H21F3N6O4. The van der Waals surface area contributed by atoms with Crippen LogP contribution in [0.3, 0.4) is 0 Å². The van der Waals surface area contributed by atoms with Crippen molar-refractivity contribution >= 4 is 17.0 Å². The van der Waals surface area contributed by atoms with Crippen LogP contribution in [0.25, 0.3) is 17.0 Å². The zero-order valence-corrected chi connectivity index (χ0v) is 18.8. The number of carboxylic acids is 1. The number of fused-ring (bicyclic) bond motifs is 1. The number of benzene rings is 1. The molecule has 0 aliphatic heterocycles. The monoisotopic (exact) mass is 502 g/mol. The third-order valence-corrected chi connectivity index (χ3v) is 6.20. The fourth-order valence-electron chi connectivity index (χ4n) is 4.34. The molecule has 1 aliphatic carbocycles. The first kappa shape index (κ1) is 23.6. The van der Waals surface area contributed by atoms with E-state index in [1.807, 2.05) is 0 Å². The highest BCUT2D eigenvalue weighted by atomic mass is 19.4. The molecule has 3 aromatic heterocycles. The van der Waals surface area contributed by atoms with Crippen LogP contribution in [-0.2, 0) is 12.7 Å². The van der Waals surface area contributed by atoms with Crippen molar-refractivity contribution in [2.24, 2.45) is 5.92 Å². The molecule has 0 bridgehead atoms. The first-order chi connectivity index (χ1) is 17.2. The van der Waals surface area contributed by atoms with Gasteiger partial charge in [-0.05, 0) is 55.9 Å². The summed E-state index contributed by atoms with van der Waals surface area (Å²) in [7, 11) is 0. The lowest BCUT2D eigenvalue weighted by Gasteiger charge is -2.29. The summed E-state index contributed by atoms with van der Waals surface area (Å²) in [5.41, 5.74) is 0.0162. The highest BCUT2D eigenvalue weighted by Gasteiger charge is 2.30. The van der Waals surface area contributed by atoms with Gasteiger partial charge in [0.2, 0.25) is 5.88 Å². The second-order valence-electron chi connectivity index (χ2n) is 8.67. The summed E-state index contributed by atoms with van der Waals surface area (Å²) in [6, 6.07) is 4.71. The third kappa shape index (κ3) is 4.81. The van der Waals surface area contributed by atoms with Gasteiger partial charge in [0.1, 0.15) is 16.8 Å². The minimum atomic E-state index is -4.38. The van der Waals surface area contributed by atoms with Gasteiger partial charge in [0, 0.05) is 12.7 Å². The lowest BCUT2D eigenvalue weighted by atomic mass is 9.87. The Hall–Kier alpha value is -4.16. The number of halogens is 3. The van der Waals surface area contributed by atoms with Crippen LogP contribution < -0.4 is 4.74 Å². The molecule has 0 saturated heterocycles. The van der Waals surface area contributed by atoms with E-state index in [1.54, 1.807) is 4.68 Å². The van der Waals surface area contributed by atoms with Crippen LogP contribution >= 0.6 is 0 Å². The fourth-order valence-corrected chi connectivity index (χ4v) is 4.34. The van der Waals surface area contributed by atoms with Crippen LogP contribution in [0.15, 0.2) is 42.9 Å². The number of ether oxygens (including phenoxy) is 1. The molecule has 188 valence electrons. The van der Waals surface area contributed by atoms with Crippen molar-refractivity contribution in [1.29, 1.82) is 0 Å². The molecule has 2 N–H and O–H groups in total. The summed E-state index contributed by atoms with van der Waals surface area (Å²) in [4.78, 5) is 19.5. The molecule has 1 aliphatic rings. The van der Waals surface area contributed by atoms with Crippen molar-refractivity contribution in [2.75, 3.05) is 0 Å². The van der Waals surface area contributed by atoms with E-state index in [4.69, 9.17) is 9.84 Å². The van der Waals surface area contributed by atoms with E-state index in [9.17, 15) is 23.1 Å². The fraction of sp³-hybridized carbons (Fsp3) is 0.348. The summed E-state index contributed by atoms with van der Waals surface area (Å²) >= 11 is 0. The van der Waals surface area contributed by atoms with Crippen molar-refractivity contribution in [3.8, 4) is 17.6 Å². The Morgan fingerprint density at radius 1 is 1.06 bits per heavy atom. The zero-order valence-electron chi connectivity index (χ0n) is 18.8. The van der Waals surface area contributed by atoms with E-state index in [1.165, 1.54) is 24.5 Å². The number of rotatable bonds is 6. The summed E-state index contributed by atoms with van der Waals surface area (Å²) in [5.74, 6) is -0.745. The van der Waals surface area contributed by atoms with Crippen molar-refractivity contribution < 1.29 is 32.9 Å². The topological polar surface area (TPSA) is 128 Å². The number of carbonyl (C=O) groups is 1. The van der Waals surface area contributed by atoms with E-state index >= 15 is 0 Å². The molecule has 4 aromatic rings. The number of alkyl halides is 3. The summed E-state index contributed by atoms with van der Waals surface area (Å²) < 4.78 is 46.9. The molecule has 1 saturated carbocycles. The average molecular weight is 502 g/mol. The minimum absolute atomic E-state index is 0.0213. The van der Waals surface area contributed by atoms with E-state index < -0.39 is 17.7 Å². The first-order valence-electron chi connectivity index (χ1n) is 11.2. The maximum atomic E-state index is 12.7. The lowest BCUT2D eigenvalue weighted by molar-refractivity contribution is -0.137. The molecule has 10 nitrogen and oxygen atoms in total. The van der Waals surface area contributed by atoms with Crippen LogP contribution in [0.4, 0.5) is 13.2 Å². The zero-order chi connectivity index (χ0) is 25.4. The van der Waals surface area contributed by atoms with Crippen LogP contribution in [0.1, 0.15) is 41.6 Å². The maximum Gasteiger partial charge on any atom is 0.416 e. The van der Waals surface area contributed by atoms with Gasteiger partial charge in [-0.15, -0.1) is 0 Å². The van der Waals surface area contributed by atoms with Crippen molar-refractivity contribution in [1.82, 2.24) is 29.5 Å². The van der Waals surface area contributed by atoms with Gasteiger partial charge in [-0.25, -0.2) is 14.5 Å². The van der Waals surface area contributed by atoms with Gasteiger partial charge in [0.15, 0.2) is 0 Å². The largest absolute Gasteiger partial charge is 0.492 e. The number of carboxylic acid groups (broad SMARTS) is 1. The average Bonchev–Trinajstić information content (AvgIpc) is 3.48. The Bertz CT molecular complexity index is 1390. The first-order valence-corrected chi connectivity index (χ1v) is 11.2. The predicted molar refractivity (Wildman–Crippen MR) is 119 cm³/mol. The highest BCUT2D eigenvalue weighted by molar-refractivity contribution is 5.87. The molecule has 1 aromatic carbocycles. The SMILES string of the molecule is O=C(O)c1cnn(-c2nc(O)c3c(cnn3C[C@H]3CC[C@H](Oc4ccc(C(F)(F)F)cc4)CC3)n2)c1. The molecule has 5 rings (SSSR count). The molecule has 0 atom stereocenters. The molecule has 13 heteroatoms. The van der Waals surface area contributed by atoms with E-state index in [-0.39, 0.29) is 29.4 Å². The summed E-state index contributed by atoms with van der Waals surface area (Å²) in [6.45, 7) is 0.525. The van der Waals surface area contributed by atoms with Gasteiger partial charge in [0.05, 0.1) is 29.6 Å². The number of hydrogen-bond acceptors (Lipinski definition) is 7. The molecular weight excluding hydrogens is 481 g/mol. The van der Waals surface area contributed by atoms with E-state index in [0.717, 1.165) is 48.7 Å². The minimum Gasteiger partial charge on any atom is -0.492 e. The number of nitrogens with zero attached hydrogens (tertiary/aromatic N) is 6. The van der Waals surface area contributed by atoms with Crippen LogP contribution in [-0.4, -0.2) is 51.8 Å².